The van der Waals surface area contributed by atoms with Gasteiger partial charge < -0.3 is 0 Å². The zero-order valence-electron chi connectivity index (χ0n) is 11.1. The predicted octanol–water partition coefficient (Wildman–Crippen LogP) is 2.13. The Morgan fingerprint density at radius 3 is 2.86 bits per heavy atom. The second kappa shape index (κ2) is 6.24. The molecule has 0 bridgehead atoms. The van der Waals surface area contributed by atoms with E-state index in [0.717, 1.165) is 16.6 Å². The molecule has 0 N–H and O–H groups in total. The van der Waals surface area contributed by atoms with E-state index in [-0.39, 0.29) is 0 Å². The maximum Gasteiger partial charge on any atom is 0.208 e. The molecule has 1 aromatic carbocycles. The number of para-hydroxylation sites is 1. The van der Waals surface area contributed by atoms with E-state index in [4.69, 9.17) is 5.26 Å². The van der Waals surface area contributed by atoms with E-state index in [0.29, 0.717) is 12.1 Å². The molecular formula is C14H12N6S. The number of aryl methyl sites for hydroxylation is 1. The van der Waals surface area contributed by atoms with Crippen molar-refractivity contribution in [3.05, 3.63) is 54.6 Å². The highest BCUT2D eigenvalue weighted by atomic mass is 32.2. The molecular weight excluding hydrogens is 284 g/mol. The molecule has 104 valence electrons. The van der Waals surface area contributed by atoms with Crippen LogP contribution in [0.1, 0.15) is 5.56 Å². The normalized spacial score (nSPS) is 10.4. The highest BCUT2D eigenvalue weighted by molar-refractivity contribution is 7.99. The lowest BCUT2D eigenvalue weighted by atomic mass is 10.3. The third kappa shape index (κ3) is 3.30. The van der Waals surface area contributed by atoms with Crippen LogP contribution in [-0.2, 0) is 6.54 Å². The van der Waals surface area contributed by atoms with E-state index in [1.54, 1.807) is 39.8 Å². The molecule has 6 nitrogen and oxygen atoms in total. The molecule has 0 saturated carbocycles. The summed E-state index contributed by atoms with van der Waals surface area (Å²) in [6, 6.07) is 11.9. The van der Waals surface area contributed by atoms with Crippen molar-refractivity contribution < 1.29 is 0 Å². The quantitative estimate of drug-likeness (QED) is 0.674. The molecule has 0 saturated heterocycles. The van der Waals surface area contributed by atoms with Gasteiger partial charge in [-0.2, -0.15) is 10.4 Å². The van der Waals surface area contributed by atoms with E-state index in [9.17, 15) is 0 Å². The average molecular weight is 296 g/mol. The van der Waals surface area contributed by atoms with E-state index in [1.165, 1.54) is 0 Å². The minimum absolute atomic E-state index is 0.575. The first-order valence-electron chi connectivity index (χ1n) is 6.37. The Hall–Kier alpha value is -2.59. The molecule has 2 heterocycles. The summed E-state index contributed by atoms with van der Waals surface area (Å²) in [6.07, 6.45) is 5.00. The smallest absolute Gasteiger partial charge is 0.208 e. The number of hydrogen-bond donors (Lipinski definition) is 0. The lowest BCUT2D eigenvalue weighted by Gasteiger charge is -1.99. The van der Waals surface area contributed by atoms with Crippen molar-refractivity contribution in [3.8, 4) is 11.8 Å². The van der Waals surface area contributed by atoms with Crippen LogP contribution in [0.2, 0.25) is 0 Å². The van der Waals surface area contributed by atoms with Gasteiger partial charge in [-0.3, -0.25) is 4.68 Å². The molecule has 7 heteroatoms. The summed E-state index contributed by atoms with van der Waals surface area (Å²) in [6.45, 7) is 0.715. The summed E-state index contributed by atoms with van der Waals surface area (Å²) in [5.74, 6) is 0.797. The topological polar surface area (TPSA) is 72.3 Å². The number of nitriles is 1. The number of rotatable bonds is 5. The fourth-order valence-corrected chi connectivity index (χ4v) is 2.52. The van der Waals surface area contributed by atoms with Gasteiger partial charge in [0.2, 0.25) is 5.16 Å². The molecule has 0 spiro atoms. The van der Waals surface area contributed by atoms with Crippen molar-refractivity contribution >= 4 is 11.8 Å². The molecule has 2 aromatic heterocycles. The van der Waals surface area contributed by atoms with E-state index in [1.807, 2.05) is 30.3 Å². The fourth-order valence-electron chi connectivity index (χ4n) is 1.79. The zero-order chi connectivity index (χ0) is 14.5. The van der Waals surface area contributed by atoms with E-state index in [2.05, 4.69) is 21.3 Å². The zero-order valence-corrected chi connectivity index (χ0v) is 11.9. The lowest BCUT2D eigenvalue weighted by Crippen LogP contribution is -2.01. The van der Waals surface area contributed by atoms with Crippen molar-refractivity contribution in [1.29, 1.82) is 5.26 Å². The molecule has 0 atom stereocenters. The van der Waals surface area contributed by atoms with Gasteiger partial charge >= 0.3 is 0 Å². The van der Waals surface area contributed by atoms with Gasteiger partial charge in [0, 0.05) is 11.9 Å². The van der Waals surface area contributed by atoms with Gasteiger partial charge in [0.1, 0.15) is 12.4 Å². The number of benzene rings is 1. The summed E-state index contributed by atoms with van der Waals surface area (Å²) >= 11 is 1.56. The van der Waals surface area contributed by atoms with Crippen LogP contribution in [0.25, 0.3) is 5.69 Å². The van der Waals surface area contributed by atoms with E-state index < -0.39 is 0 Å². The van der Waals surface area contributed by atoms with Crippen LogP contribution in [0.3, 0.4) is 0 Å². The van der Waals surface area contributed by atoms with Crippen molar-refractivity contribution in [2.45, 2.75) is 11.7 Å². The summed E-state index contributed by atoms with van der Waals surface area (Å²) in [5, 5.41) is 18.0. The van der Waals surface area contributed by atoms with Gasteiger partial charge in [-0.25, -0.2) is 9.67 Å². The number of thioether (sulfide) groups is 1. The molecule has 0 aliphatic heterocycles. The minimum atomic E-state index is 0.575. The van der Waals surface area contributed by atoms with Crippen LogP contribution in [0.5, 0.6) is 0 Å². The highest BCUT2D eigenvalue weighted by Gasteiger charge is 2.04. The van der Waals surface area contributed by atoms with Gasteiger partial charge in [-0.1, -0.05) is 30.0 Å². The second-order valence-corrected chi connectivity index (χ2v) is 5.32. The fraction of sp³-hybridized carbons (Fsp3) is 0.143. The van der Waals surface area contributed by atoms with Crippen LogP contribution in [0.15, 0.2) is 54.2 Å². The Bertz CT molecular complexity index is 755. The van der Waals surface area contributed by atoms with Crippen LogP contribution in [0.4, 0.5) is 0 Å². The molecule has 0 aliphatic carbocycles. The van der Waals surface area contributed by atoms with Gasteiger partial charge in [0.05, 0.1) is 24.0 Å². The van der Waals surface area contributed by atoms with Gasteiger partial charge in [-0.15, -0.1) is 5.10 Å². The average Bonchev–Trinajstić information content (AvgIpc) is 3.17. The van der Waals surface area contributed by atoms with Crippen molar-refractivity contribution in [1.82, 2.24) is 24.5 Å². The van der Waals surface area contributed by atoms with Crippen LogP contribution < -0.4 is 0 Å². The third-order valence-corrected chi connectivity index (χ3v) is 3.64. The molecule has 0 unspecified atom stereocenters. The van der Waals surface area contributed by atoms with Crippen LogP contribution >= 0.6 is 11.8 Å². The molecule has 0 aliphatic rings. The monoisotopic (exact) mass is 296 g/mol. The lowest BCUT2D eigenvalue weighted by molar-refractivity contribution is 0.665. The number of aromatic nitrogens is 5. The SMILES string of the molecule is N#Cc1cnn(CCSc2ncn(-c3ccccc3)n2)c1. The van der Waals surface area contributed by atoms with Crippen molar-refractivity contribution in [3.63, 3.8) is 0 Å². The molecule has 0 radical (unpaired) electrons. The maximum atomic E-state index is 8.73. The first-order chi connectivity index (χ1) is 10.3. The maximum absolute atomic E-state index is 8.73. The number of hydrogen-bond acceptors (Lipinski definition) is 5. The Balaban J connectivity index is 1.57. The molecule has 0 amide bonds. The summed E-state index contributed by atoms with van der Waals surface area (Å²) in [5.41, 5.74) is 1.56. The standard InChI is InChI=1S/C14H12N6S/c15-8-12-9-17-19(10-12)6-7-21-14-16-11-20(18-14)13-4-2-1-3-5-13/h1-5,9-11H,6-7H2. The van der Waals surface area contributed by atoms with Gasteiger partial charge in [0.25, 0.3) is 0 Å². The predicted molar refractivity (Wildman–Crippen MR) is 79.0 cm³/mol. The van der Waals surface area contributed by atoms with Crippen LogP contribution in [0, 0.1) is 11.3 Å². The molecule has 0 fully saturated rings. The Morgan fingerprint density at radius 1 is 1.24 bits per heavy atom. The molecule has 3 rings (SSSR count). The first kappa shape index (κ1) is 13.4. The Labute approximate surface area is 126 Å². The summed E-state index contributed by atoms with van der Waals surface area (Å²) in [7, 11) is 0. The number of nitrogens with zero attached hydrogens (tertiary/aromatic N) is 6. The Kier molecular flexibility index (Phi) is 3.98. The first-order valence-corrected chi connectivity index (χ1v) is 7.36. The minimum Gasteiger partial charge on any atom is -0.271 e. The second-order valence-electron chi connectivity index (χ2n) is 4.26. The Morgan fingerprint density at radius 2 is 2.10 bits per heavy atom. The van der Waals surface area contributed by atoms with Crippen molar-refractivity contribution in [2.24, 2.45) is 0 Å². The highest BCUT2D eigenvalue weighted by Crippen LogP contribution is 2.14. The van der Waals surface area contributed by atoms with Crippen LogP contribution in [-0.4, -0.2) is 30.3 Å². The van der Waals surface area contributed by atoms with Crippen molar-refractivity contribution in [2.75, 3.05) is 5.75 Å². The van der Waals surface area contributed by atoms with Gasteiger partial charge in [0.15, 0.2) is 0 Å². The summed E-state index contributed by atoms with van der Waals surface area (Å²) in [4.78, 5) is 4.28. The summed E-state index contributed by atoms with van der Waals surface area (Å²) < 4.78 is 3.50. The third-order valence-electron chi connectivity index (χ3n) is 2.81. The molecule has 21 heavy (non-hydrogen) atoms. The van der Waals surface area contributed by atoms with Gasteiger partial charge in [-0.05, 0) is 12.1 Å². The van der Waals surface area contributed by atoms with E-state index >= 15 is 0 Å². The largest absolute Gasteiger partial charge is 0.271 e. The molecule has 3 aromatic rings.